The third kappa shape index (κ3) is 4.75. The molecule has 0 atom stereocenters. The molecule has 0 bridgehead atoms. The Labute approximate surface area is 124 Å². The predicted molar refractivity (Wildman–Crippen MR) is 79.8 cm³/mol. The van der Waals surface area contributed by atoms with Crippen molar-refractivity contribution >= 4 is 17.6 Å². The molecule has 1 aliphatic heterocycles. The highest BCUT2D eigenvalue weighted by molar-refractivity contribution is 5.79. The van der Waals surface area contributed by atoms with E-state index in [-0.39, 0.29) is 12.3 Å². The van der Waals surface area contributed by atoms with E-state index in [1.165, 1.54) is 0 Å². The number of hydrogen-bond donors (Lipinski definition) is 2. The lowest BCUT2D eigenvalue weighted by molar-refractivity contribution is -0.138. The van der Waals surface area contributed by atoms with Crippen molar-refractivity contribution in [3.63, 3.8) is 0 Å². The SMILES string of the molecule is Nc1cccc(CC(=O)N2CCN(CCC(=O)O)CC2)c1. The molecular formula is C15H21N3O3. The van der Waals surface area contributed by atoms with Gasteiger partial charge in [-0.1, -0.05) is 12.1 Å². The molecule has 1 aromatic carbocycles. The highest BCUT2D eigenvalue weighted by Gasteiger charge is 2.21. The van der Waals surface area contributed by atoms with Crippen molar-refractivity contribution in [2.75, 3.05) is 38.5 Å². The maximum absolute atomic E-state index is 12.2. The van der Waals surface area contributed by atoms with Gasteiger partial charge in [-0.15, -0.1) is 0 Å². The fourth-order valence-corrected chi connectivity index (χ4v) is 2.46. The number of carboxylic acids is 1. The second-order valence-electron chi connectivity index (χ2n) is 5.29. The van der Waals surface area contributed by atoms with Crippen LogP contribution in [0, 0.1) is 0 Å². The molecular weight excluding hydrogens is 270 g/mol. The van der Waals surface area contributed by atoms with E-state index in [1.807, 2.05) is 23.1 Å². The first-order chi connectivity index (χ1) is 10.0. The number of carbonyl (C=O) groups is 2. The molecule has 2 rings (SSSR count). The van der Waals surface area contributed by atoms with E-state index in [9.17, 15) is 9.59 Å². The van der Waals surface area contributed by atoms with Crippen molar-refractivity contribution in [2.24, 2.45) is 0 Å². The van der Waals surface area contributed by atoms with Gasteiger partial charge in [0.2, 0.25) is 5.91 Å². The summed E-state index contributed by atoms with van der Waals surface area (Å²) < 4.78 is 0. The lowest BCUT2D eigenvalue weighted by Crippen LogP contribution is -2.49. The van der Waals surface area contributed by atoms with Crippen LogP contribution in [0.15, 0.2) is 24.3 Å². The molecule has 0 aliphatic carbocycles. The second-order valence-corrected chi connectivity index (χ2v) is 5.29. The fourth-order valence-electron chi connectivity index (χ4n) is 2.46. The Bertz CT molecular complexity index is 511. The van der Waals surface area contributed by atoms with Crippen molar-refractivity contribution in [2.45, 2.75) is 12.8 Å². The number of carboxylic acid groups (broad SMARTS) is 1. The molecule has 1 aliphatic rings. The lowest BCUT2D eigenvalue weighted by Gasteiger charge is -2.34. The summed E-state index contributed by atoms with van der Waals surface area (Å²) in [6.45, 7) is 3.32. The minimum atomic E-state index is -0.782. The van der Waals surface area contributed by atoms with Gasteiger partial charge in [-0.3, -0.25) is 14.5 Å². The van der Waals surface area contributed by atoms with Crippen LogP contribution in [0.2, 0.25) is 0 Å². The molecule has 1 aromatic rings. The largest absolute Gasteiger partial charge is 0.481 e. The Morgan fingerprint density at radius 2 is 1.90 bits per heavy atom. The van der Waals surface area contributed by atoms with Crippen LogP contribution >= 0.6 is 0 Å². The lowest BCUT2D eigenvalue weighted by atomic mass is 10.1. The first-order valence-electron chi connectivity index (χ1n) is 7.11. The number of rotatable bonds is 5. The predicted octanol–water partition coefficient (Wildman–Crippen LogP) is 0.430. The van der Waals surface area contributed by atoms with Crippen LogP contribution in [-0.2, 0) is 16.0 Å². The van der Waals surface area contributed by atoms with Gasteiger partial charge in [0.25, 0.3) is 0 Å². The standard InChI is InChI=1S/C15H21N3O3/c16-13-3-1-2-12(10-13)11-14(19)18-8-6-17(7-9-18)5-4-15(20)21/h1-3,10H,4-9,11,16H2,(H,20,21). The third-order valence-corrected chi connectivity index (χ3v) is 3.67. The highest BCUT2D eigenvalue weighted by Crippen LogP contribution is 2.10. The van der Waals surface area contributed by atoms with E-state index < -0.39 is 5.97 Å². The molecule has 21 heavy (non-hydrogen) atoms. The van der Waals surface area contributed by atoms with Gasteiger partial charge in [-0.25, -0.2) is 0 Å². The van der Waals surface area contributed by atoms with Crippen LogP contribution in [0.3, 0.4) is 0 Å². The van der Waals surface area contributed by atoms with E-state index in [4.69, 9.17) is 10.8 Å². The monoisotopic (exact) mass is 291 g/mol. The summed E-state index contributed by atoms with van der Waals surface area (Å²) in [6.07, 6.45) is 0.511. The van der Waals surface area contributed by atoms with Gasteiger partial charge in [0.05, 0.1) is 12.8 Å². The quantitative estimate of drug-likeness (QED) is 0.768. The molecule has 0 radical (unpaired) electrons. The smallest absolute Gasteiger partial charge is 0.304 e. The summed E-state index contributed by atoms with van der Waals surface area (Å²) in [6, 6.07) is 7.37. The summed E-state index contributed by atoms with van der Waals surface area (Å²) >= 11 is 0. The Morgan fingerprint density at radius 3 is 2.52 bits per heavy atom. The number of aliphatic carboxylic acids is 1. The fraction of sp³-hybridized carbons (Fsp3) is 0.467. The van der Waals surface area contributed by atoms with E-state index in [1.54, 1.807) is 6.07 Å². The second kappa shape index (κ2) is 7.08. The minimum Gasteiger partial charge on any atom is -0.481 e. The Morgan fingerprint density at radius 1 is 1.19 bits per heavy atom. The van der Waals surface area contributed by atoms with Gasteiger partial charge in [-0.05, 0) is 17.7 Å². The number of amides is 1. The molecule has 0 spiro atoms. The molecule has 1 amide bonds. The molecule has 0 saturated carbocycles. The van der Waals surface area contributed by atoms with Crippen molar-refractivity contribution < 1.29 is 14.7 Å². The molecule has 1 fully saturated rings. The number of piperazine rings is 1. The topological polar surface area (TPSA) is 86.9 Å². The van der Waals surface area contributed by atoms with Gasteiger partial charge in [0, 0.05) is 38.4 Å². The normalized spacial score (nSPS) is 15.9. The number of hydrogen-bond acceptors (Lipinski definition) is 4. The van der Waals surface area contributed by atoms with Gasteiger partial charge >= 0.3 is 5.97 Å². The zero-order valence-electron chi connectivity index (χ0n) is 12.0. The van der Waals surface area contributed by atoms with E-state index in [0.29, 0.717) is 31.7 Å². The third-order valence-electron chi connectivity index (χ3n) is 3.67. The molecule has 1 saturated heterocycles. The zero-order chi connectivity index (χ0) is 15.2. The Balaban J connectivity index is 1.79. The molecule has 0 aromatic heterocycles. The van der Waals surface area contributed by atoms with Gasteiger partial charge in [0.15, 0.2) is 0 Å². The van der Waals surface area contributed by atoms with E-state index in [0.717, 1.165) is 18.7 Å². The van der Waals surface area contributed by atoms with Crippen molar-refractivity contribution in [1.29, 1.82) is 0 Å². The summed E-state index contributed by atoms with van der Waals surface area (Å²) in [5, 5.41) is 8.67. The summed E-state index contributed by atoms with van der Waals surface area (Å²) in [7, 11) is 0. The first kappa shape index (κ1) is 15.3. The first-order valence-corrected chi connectivity index (χ1v) is 7.11. The van der Waals surface area contributed by atoms with Crippen LogP contribution in [0.5, 0.6) is 0 Å². The molecule has 6 nitrogen and oxygen atoms in total. The number of carbonyl (C=O) groups excluding carboxylic acids is 1. The summed E-state index contributed by atoms with van der Waals surface area (Å²) in [5.41, 5.74) is 7.30. The van der Waals surface area contributed by atoms with Crippen molar-refractivity contribution in [3.05, 3.63) is 29.8 Å². The van der Waals surface area contributed by atoms with Gasteiger partial charge in [0.1, 0.15) is 0 Å². The van der Waals surface area contributed by atoms with Crippen LogP contribution < -0.4 is 5.73 Å². The number of nitrogens with zero attached hydrogens (tertiary/aromatic N) is 2. The maximum atomic E-state index is 12.2. The van der Waals surface area contributed by atoms with Crippen molar-refractivity contribution in [3.8, 4) is 0 Å². The van der Waals surface area contributed by atoms with Crippen LogP contribution in [0.1, 0.15) is 12.0 Å². The average molecular weight is 291 g/mol. The van der Waals surface area contributed by atoms with Crippen LogP contribution in [0.25, 0.3) is 0 Å². The van der Waals surface area contributed by atoms with Gasteiger partial charge in [-0.2, -0.15) is 0 Å². The van der Waals surface area contributed by atoms with Crippen molar-refractivity contribution in [1.82, 2.24) is 9.80 Å². The molecule has 3 N–H and O–H groups in total. The summed E-state index contributed by atoms with van der Waals surface area (Å²) in [4.78, 5) is 26.7. The van der Waals surface area contributed by atoms with Crippen LogP contribution in [0.4, 0.5) is 5.69 Å². The average Bonchev–Trinajstić information content (AvgIpc) is 2.45. The molecule has 1 heterocycles. The van der Waals surface area contributed by atoms with Gasteiger partial charge < -0.3 is 15.7 Å². The van der Waals surface area contributed by atoms with E-state index in [2.05, 4.69) is 4.90 Å². The maximum Gasteiger partial charge on any atom is 0.304 e. The highest BCUT2D eigenvalue weighted by atomic mass is 16.4. The molecule has 0 unspecified atom stereocenters. The number of benzene rings is 1. The summed E-state index contributed by atoms with van der Waals surface area (Å²) in [5.74, 6) is -0.686. The Hall–Kier alpha value is -2.08. The number of anilines is 1. The van der Waals surface area contributed by atoms with Crippen LogP contribution in [-0.4, -0.2) is 59.5 Å². The number of nitrogen functional groups attached to an aromatic ring is 1. The molecule has 6 heteroatoms. The number of nitrogens with two attached hydrogens (primary N) is 1. The van der Waals surface area contributed by atoms with E-state index >= 15 is 0 Å². The Kier molecular flexibility index (Phi) is 5.16. The molecule has 114 valence electrons. The minimum absolute atomic E-state index is 0.0958. The zero-order valence-corrected chi connectivity index (χ0v) is 12.0.